The van der Waals surface area contributed by atoms with Crippen molar-refractivity contribution in [2.45, 2.75) is 13.0 Å². The van der Waals surface area contributed by atoms with Gasteiger partial charge in [0.2, 0.25) is 0 Å². The van der Waals surface area contributed by atoms with Crippen LogP contribution in [-0.4, -0.2) is 27.3 Å². The molecule has 1 atom stereocenters. The van der Waals surface area contributed by atoms with E-state index < -0.39 is 0 Å². The van der Waals surface area contributed by atoms with Crippen LogP contribution in [0.5, 0.6) is 0 Å². The molecule has 1 N–H and O–H groups in total. The fraction of sp³-hybridized carbons (Fsp3) is 0.188. The number of tetrazole rings is 1. The summed E-state index contributed by atoms with van der Waals surface area (Å²) in [6.45, 7) is 2.05. The molecule has 0 saturated heterocycles. The van der Waals surface area contributed by atoms with Gasteiger partial charge < -0.3 is 5.32 Å². The lowest BCUT2D eigenvalue weighted by Crippen LogP contribution is -2.22. The molecule has 21 heavy (non-hydrogen) atoms. The normalized spacial score (nSPS) is 12.3. The average molecular weight is 279 g/mol. The maximum absolute atomic E-state index is 4.22. The third kappa shape index (κ3) is 2.55. The number of nitrogens with one attached hydrogen (secondary N) is 1. The first-order valence-corrected chi connectivity index (χ1v) is 6.87. The zero-order valence-electron chi connectivity index (χ0n) is 12.1. The van der Waals surface area contributed by atoms with Crippen molar-refractivity contribution in [3.05, 3.63) is 71.5 Å². The molecule has 0 amide bonds. The Morgan fingerprint density at radius 3 is 2.43 bits per heavy atom. The van der Waals surface area contributed by atoms with Gasteiger partial charge in [0.05, 0.1) is 11.7 Å². The Morgan fingerprint density at radius 1 is 1.00 bits per heavy atom. The van der Waals surface area contributed by atoms with Gasteiger partial charge in [0.15, 0.2) is 5.82 Å². The molecular weight excluding hydrogens is 262 g/mol. The van der Waals surface area contributed by atoms with E-state index in [-0.39, 0.29) is 6.04 Å². The molecular formula is C16H17N5. The van der Waals surface area contributed by atoms with Crippen LogP contribution in [0, 0.1) is 6.92 Å². The lowest BCUT2D eigenvalue weighted by molar-refractivity contribution is 0.620. The highest BCUT2D eigenvalue weighted by molar-refractivity contribution is 5.40. The van der Waals surface area contributed by atoms with E-state index in [1.54, 1.807) is 4.68 Å². The Morgan fingerprint density at radius 2 is 1.71 bits per heavy atom. The largest absolute Gasteiger partial charge is 0.307 e. The van der Waals surface area contributed by atoms with Gasteiger partial charge in [0.1, 0.15) is 0 Å². The first kappa shape index (κ1) is 13.5. The minimum atomic E-state index is -0.0548. The second-order valence-corrected chi connectivity index (χ2v) is 4.87. The van der Waals surface area contributed by atoms with E-state index in [1.165, 1.54) is 0 Å². The van der Waals surface area contributed by atoms with Gasteiger partial charge in [-0.05, 0) is 41.6 Å². The van der Waals surface area contributed by atoms with E-state index in [2.05, 4.69) is 46.0 Å². The number of hydrogen-bond donors (Lipinski definition) is 1. The van der Waals surface area contributed by atoms with E-state index in [4.69, 9.17) is 0 Å². The number of aryl methyl sites for hydroxylation is 1. The van der Waals surface area contributed by atoms with Crippen LogP contribution in [0.25, 0.3) is 5.69 Å². The quantitative estimate of drug-likeness (QED) is 0.796. The molecule has 0 spiro atoms. The number of benzene rings is 2. The smallest absolute Gasteiger partial charge is 0.178 e. The summed E-state index contributed by atoms with van der Waals surface area (Å²) in [7, 11) is 1.91. The van der Waals surface area contributed by atoms with Crippen molar-refractivity contribution in [1.29, 1.82) is 0 Å². The van der Waals surface area contributed by atoms with E-state index >= 15 is 0 Å². The van der Waals surface area contributed by atoms with Crippen molar-refractivity contribution in [2.24, 2.45) is 0 Å². The Balaban J connectivity index is 2.08. The average Bonchev–Trinajstić information content (AvgIpc) is 2.99. The molecule has 0 bridgehead atoms. The van der Waals surface area contributed by atoms with Crippen molar-refractivity contribution in [3.8, 4) is 5.69 Å². The highest BCUT2D eigenvalue weighted by atomic mass is 15.5. The van der Waals surface area contributed by atoms with Crippen LogP contribution in [0.15, 0.2) is 54.6 Å². The van der Waals surface area contributed by atoms with Crippen LogP contribution in [-0.2, 0) is 0 Å². The second kappa shape index (κ2) is 5.85. The summed E-state index contributed by atoms with van der Waals surface area (Å²) < 4.78 is 1.80. The monoisotopic (exact) mass is 279 g/mol. The summed E-state index contributed by atoms with van der Waals surface area (Å²) in [6, 6.07) is 18.2. The zero-order chi connectivity index (χ0) is 14.7. The zero-order valence-corrected chi connectivity index (χ0v) is 12.1. The Hall–Kier alpha value is -2.53. The Bertz CT molecular complexity index is 720. The fourth-order valence-electron chi connectivity index (χ4n) is 2.44. The number of hydrogen-bond acceptors (Lipinski definition) is 4. The molecule has 3 rings (SSSR count). The van der Waals surface area contributed by atoms with E-state index in [0.717, 1.165) is 22.6 Å². The van der Waals surface area contributed by atoms with Crippen LogP contribution in [0.2, 0.25) is 0 Å². The van der Waals surface area contributed by atoms with Crippen LogP contribution in [0.4, 0.5) is 0 Å². The van der Waals surface area contributed by atoms with Gasteiger partial charge in [0, 0.05) is 0 Å². The highest BCUT2D eigenvalue weighted by Crippen LogP contribution is 2.22. The molecule has 0 saturated carbocycles. The molecule has 1 aromatic heterocycles. The Kier molecular flexibility index (Phi) is 3.75. The van der Waals surface area contributed by atoms with Gasteiger partial charge in [-0.15, -0.1) is 5.10 Å². The van der Waals surface area contributed by atoms with Gasteiger partial charge in [-0.3, -0.25) is 0 Å². The molecule has 0 aliphatic rings. The molecule has 5 nitrogen and oxygen atoms in total. The number of rotatable bonds is 4. The predicted octanol–water partition coefficient (Wildman–Crippen LogP) is 2.28. The molecule has 0 aliphatic carbocycles. The number of para-hydroxylation sites is 1. The summed E-state index contributed by atoms with van der Waals surface area (Å²) in [4.78, 5) is 0. The summed E-state index contributed by atoms with van der Waals surface area (Å²) in [6.07, 6.45) is 0. The van der Waals surface area contributed by atoms with Gasteiger partial charge in [0.25, 0.3) is 0 Å². The summed E-state index contributed by atoms with van der Waals surface area (Å²) in [5.41, 5.74) is 3.26. The maximum Gasteiger partial charge on any atom is 0.178 e. The van der Waals surface area contributed by atoms with E-state index in [0.29, 0.717) is 0 Å². The number of nitrogens with zero attached hydrogens (tertiary/aromatic N) is 4. The standard InChI is InChI=1S/C16H17N5/c1-12-8-6-7-11-14(12)21-16(18-19-20-21)15(17-2)13-9-4-3-5-10-13/h3-11,15,17H,1-2H3/t15-/m0/s1. The van der Waals surface area contributed by atoms with Crippen LogP contribution < -0.4 is 5.32 Å². The van der Waals surface area contributed by atoms with Gasteiger partial charge in [-0.1, -0.05) is 48.5 Å². The molecule has 0 aliphatic heterocycles. The topological polar surface area (TPSA) is 55.6 Å². The minimum Gasteiger partial charge on any atom is -0.307 e. The van der Waals surface area contributed by atoms with Crippen LogP contribution in [0.3, 0.4) is 0 Å². The van der Waals surface area contributed by atoms with Crippen molar-refractivity contribution >= 4 is 0 Å². The third-order valence-electron chi connectivity index (χ3n) is 3.52. The molecule has 5 heteroatoms. The lowest BCUT2D eigenvalue weighted by atomic mass is 10.1. The molecule has 0 fully saturated rings. The fourth-order valence-corrected chi connectivity index (χ4v) is 2.44. The molecule has 0 radical (unpaired) electrons. The van der Waals surface area contributed by atoms with Gasteiger partial charge in [-0.2, -0.15) is 4.68 Å². The summed E-state index contributed by atoms with van der Waals surface area (Å²) in [5, 5.41) is 15.5. The minimum absolute atomic E-state index is 0.0548. The SMILES string of the molecule is CN[C@@H](c1ccccc1)c1nnnn1-c1ccccc1C. The van der Waals surface area contributed by atoms with Gasteiger partial charge >= 0.3 is 0 Å². The summed E-state index contributed by atoms with van der Waals surface area (Å²) in [5.74, 6) is 0.776. The molecule has 2 aromatic carbocycles. The predicted molar refractivity (Wildman–Crippen MR) is 81.2 cm³/mol. The maximum atomic E-state index is 4.22. The third-order valence-corrected chi connectivity index (χ3v) is 3.52. The molecule has 0 unspecified atom stereocenters. The van der Waals surface area contributed by atoms with Crippen molar-refractivity contribution in [3.63, 3.8) is 0 Å². The second-order valence-electron chi connectivity index (χ2n) is 4.87. The molecule has 106 valence electrons. The first-order valence-electron chi connectivity index (χ1n) is 6.87. The molecule has 1 heterocycles. The van der Waals surface area contributed by atoms with Crippen molar-refractivity contribution < 1.29 is 0 Å². The number of aromatic nitrogens is 4. The first-order chi connectivity index (χ1) is 10.3. The highest BCUT2D eigenvalue weighted by Gasteiger charge is 2.20. The van der Waals surface area contributed by atoms with Crippen molar-refractivity contribution in [1.82, 2.24) is 25.5 Å². The van der Waals surface area contributed by atoms with Gasteiger partial charge in [-0.25, -0.2) is 0 Å². The molecule has 3 aromatic rings. The van der Waals surface area contributed by atoms with E-state index in [1.807, 2.05) is 43.4 Å². The van der Waals surface area contributed by atoms with E-state index in [9.17, 15) is 0 Å². The lowest BCUT2D eigenvalue weighted by Gasteiger charge is -2.16. The van der Waals surface area contributed by atoms with Crippen LogP contribution >= 0.6 is 0 Å². The summed E-state index contributed by atoms with van der Waals surface area (Å²) >= 11 is 0. The van der Waals surface area contributed by atoms with Crippen molar-refractivity contribution in [2.75, 3.05) is 7.05 Å². The van der Waals surface area contributed by atoms with Crippen LogP contribution in [0.1, 0.15) is 23.0 Å². The Labute approximate surface area is 123 Å².